The lowest BCUT2D eigenvalue weighted by Crippen LogP contribution is -2.32. The summed E-state index contributed by atoms with van der Waals surface area (Å²) in [6.45, 7) is 4.00. The van der Waals surface area contributed by atoms with E-state index in [0.717, 1.165) is 34.0 Å². The fourth-order valence-electron chi connectivity index (χ4n) is 4.76. The van der Waals surface area contributed by atoms with Gasteiger partial charge in [-0.25, -0.2) is 0 Å². The van der Waals surface area contributed by atoms with Crippen molar-refractivity contribution >= 4 is 46.5 Å². The van der Waals surface area contributed by atoms with Crippen LogP contribution in [-0.2, 0) is 9.47 Å². The molecule has 4 atom stereocenters. The van der Waals surface area contributed by atoms with Gasteiger partial charge in [-0.3, -0.25) is 9.59 Å². The highest BCUT2D eigenvalue weighted by Gasteiger charge is 2.75. The number of aryl methyl sites for hydroxylation is 2. The van der Waals surface area contributed by atoms with E-state index in [1.165, 1.54) is 0 Å². The first-order chi connectivity index (χ1) is 18.7. The number of benzene rings is 4. The van der Waals surface area contributed by atoms with Crippen LogP contribution in [0, 0.1) is 13.8 Å². The third-order valence-corrected chi connectivity index (χ3v) is 9.17. The molecule has 0 N–H and O–H groups in total. The summed E-state index contributed by atoms with van der Waals surface area (Å²) in [5.74, 6) is -0.479. The highest BCUT2D eigenvalue weighted by Crippen LogP contribution is 2.70. The van der Waals surface area contributed by atoms with E-state index in [1.54, 1.807) is 48.5 Å². The van der Waals surface area contributed by atoms with Crippen LogP contribution in [0.4, 0.5) is 0 Å². The Balaban J connectivity index is 1.43. The molecule has 0 saturated carbocycles. The zero-order valence-electron chi connectivity index (χ0n) is 21.2. The van der Waals surface area contributed by atoms with Gasteiger partial charge in [-0.05, 0) is 73.5 Å². The molecule has 2 aliphatic rings. The summed E-state index contributed by atoms with van der Waals surface area (Å²) >= 11 is 13.3. The lowest BCUT2D eigenvalue weighted by atomic mass is 10.0. The Morgan fingerprint density at radius 1 is 0.590 bits per heavy atom. The number of thioether (sulfide) groups is 1. The van der Waals surface area contributed by atoms with Crippen molar-refractivity contribution in [3.05, 3.63) is 140 Å². The topological polar surface area (TPSA) is 59.2 Å². The molecule has 0 spiro atoms. The second-order valence-corrected chi connectivity index (χ2v) is 12.2. The summed E-state index contributed by atoms with van der Waals surface area (Å²) in [6, 6.07) is 29.2. The average Bonchev–Trinajstić information content (AvgIpc) is 3.85. The molecule has 2 heterocycles. The summed E-state index contributed by atoms with van der Waals surface area (Å²) < 4.78 is 12.6. The maximum absolute atomic E-state index is 14.1. The molecule has 0 radical (unpaired) electrons. The number of Topliss-reactive ketones (excluding diaryl/α,β-unsaturated/α-hetero) is 2. The van der Waals surface area contributed by atoms with E-state index in [2.05, 4.69) is 0 Å². The van der Waals surface area contributed by atoms with Crippen molar-refractivity contribution in [2.24, 2.45) is 0 Å². The summed E-state index contributed by atoms with van der Waals surface area (Å²) in [6.07, 6.45) is -1.10. The number of hydrogen-bond donors (Lipinski definition) is 0. The maximum Gasteiger partial charge on any atom is 0.211 e. The highest BCUT2D eigenvalue weighted by atomic mass is 35.5. The number of carbonyl (C=O) groups is 2. The van der Waals surface area contributed by atoms with Crippen LogP contribution in [0.5, 0.6) is 0 Å². The van der Waals surface area contributed by atoms with Gasteiger partial charge in [0.1, 0.15) is 12.2 Å². The molecule has 0 bridgehead atoms. The lowest BCUT2D eigenvalue weighted by molar-refractivity contribution is 0.0923. The Kier molecular flexibility index (Phi) is 6.69. The van der Waals surface area contributed by atoms with E-state index in [9.17, 15) is 9.59 Å². The van der Waals surface area contributed by atoms with E-state index in [4.69, 9.17) is 32.7 Å². The standard InChI is InChI=1S/C32H24Cl2O4S/c1-19-3-7-23(8-4-19)29-31(37-29,27(35)21-11-15-25(33)16-12-21)39-32(28(36)22-13-17-26(34)18-14-22)30(38-32)24-9-5-20(2)6-10-24/h3-18,29-30H,1-2H3. The lowest BCUT2D eigenvalue weighted by Gasteiger charge is -2.18. The van der Waals surface area contributed by atoms with E-state index in [1.807, 2.05) is 62.4 Å². The average molecular weight is 576 g/mol. The van der Waals surface area contributed by atoms with Crippen molar-refractivity contribution in [3.8, 4) is 0 Å². The molecule has 7 heteroatoms. The number of hydrogen-bond acceptors (Lipinski definition) is 5. The number of carbonyl (C=O) groups excluding carboxylic acids is 2. The van der Waals surface area contributed by atoms with Crippen LogP contribution in [0.3, 0.4) is 0 Å². The Bertz CT molecular complexity index is 1430. The number of ketones is 2. The van der Waals surface area contributed by atoms with Crippen LogP contribution in [0.1, 0.15) is 55.2 Å². The number of ether oxygens (including phenoxy) is 2. The number of epoxide rings is 2. The van der Waals surface area contributed by atoms with Gasteiger partial charge in [0, 0.05) is 21.2 Å². The first-order valence-electron chi connectivity index (χ1n) is 12.5. The normalized spacial score (nSPS) is 25.2. The zero-order valence-corrected chi connectivity index (χ0v) is 23.5. The van der Waals surface area contributed by atoms with Gasteiger partial charge in [-0.2, -0.15) is 0 Å². The SMILES string of the molecule is Cc1ccc(C2OC2(SC2(C(=O)c3ccc(Cl)cc3)OC2c2ccc(C)cc2)C(=O)c2ccc(Cl)cc2)cc1. The number of rotatable bonds is 8. The first kappa shape index (κ1) is 26.3. The molecule has 6 rings (SSSR count). The fourth-order valence-corrected chi connectivity index (χ4v) is 6.66. The van der Waals surface area contributed by atoms with Gasteiger partial charge in [-0.1, -0.05) is 94.6 Å². The molecule has 39 heavy (non-hydrogen) atoms. The second kappa shape index (κ2) is 9.92. The monoisotopic (exact) mass is 574 g/mol. The molecule has 2 aliphatic heterocycles. The summed E-state index contributed by atoms with van der Waals surface area (Å²) in [4.78, 5) is 25.5. The Morgan fingerprint density at radius 3 is 1.26 bits per heavy atom. The highest BCUT2D eigenvalue weighted by molar-refractivity contribution is 8.03. The Labute approximate surface area is 241 Å². The van der Waals surface area contributed by atoms with Crippen molar-refractivity contribution < 1.29 is 19.1 Å². The summed E-state index contributed by atoms with van der Waals surface area (Å²) in [5, 5.41) is 1.05. The summed E-state index contributed by atoms with van der Waals surface area (Å²) in [5.41, 5.74) is 4.81. The van der Waals surface area contributed by atoms with E-state index in [0.29, 0.717) is 21.2 Å². The maximum atomic E-state index is 14.1. The predicted molar refractivity (Wildman–Crippen MR) is 155 cm³/mol. The Hall–Kier alpha value is -2.93. The van der Waals surface area contributed by atoms with E-state index in [-0.39, 0.29) is 11.6 Å². The molecule has 4 unspecified atom stereocenters. The van der Waals surface area contributed by atoms with Crippen LogP contribution in [-0.4, -0.2) is 21.4 Å². The molecule has 4 aromatic carbocycles. The quantitative estimate of drug-likeness (QED) is 0.156. The van der Waals surface area contributed by atoms with Gasteiger partial charge < -0.3 is 9.47 Å². The third kappa shape index (κ3) is 4.83. The van der Waals surface area contributed by atoms with Gasteiger partial charge >= 0.3 is 0 Å². The zero-order chi connectivity index (χ0) is 27.4. The largest absolute Gasteiger partial charge is 0.341 e. The van der Waals surface area contributed by atoms with E-state index >= 15 is 0 Å². The van der Waals surface area contributed by atoms with Gasteiger partial charge in [0.15, 0.2) is 0 Å². The number of halogens is 2. The Morgan fingerprint density at radius 2 is 0.923 bits per heavy atom. The van der Waals surface area contributed by atoms with Crippen molar-refractivity contribution in [1.82, 2.24) is 0 Å². The van der Waals surface area contributed by atoms with Crippen molar-refractivity contribution in [2.45, 2.75) is 35.9 Å². The van der Waals surface area contributed by atoms with Crippen molar-refractivity contribution in [1.29, 1.82) is 0 Å². The molecule has 196 valence electrons. The fraction of sp³-hybridized carbons (Fsp3) is 0.188. The second-order valence-electron chi connectivity index (χ2n) is 9.93. The predicted octanol–water partition coefficient (Wildman–Crippen LogP) is 8.34. The molecular formula is C32H24Cl2O4S. The molecule has 0 aromatic heterocycles. The van der Waals surface area contributed by atoms with Gasteiger partial charge in [-0.15, -0.1) is 0 Å². The molecule has 2 fully saturated rings. The van der Waals surface area contributed by atoms with Crippen LogP contribution in [0.25, 0.3) is 0 Å². The molecule has 0 aliphatic carbocycles. The minimum Gasteiger partial charge on any atom is -0.341 e. The molecule has 4 nitrogen and oxygen atoms in total. The molecule has 2 saturated heterocycles. The molecular weight excluding hydrogens is 551 g/mol. The molecule has 0 amide bonds. The van der Waals surface area contributed by atoms with Gasteiger partial charge in [0.05, 0.1) is 0 Å². The minimum atomic E-state index is -1.36. The minimum absolute atomic E-state index is 0.240. The van der Waals surface area contributed by atoms with Gasteiger partial charge in [0.25, 0.3) is 0 Å². The van der Waals surface area contributed by atoms with Crippen LogP contribution in [0.15, 0.2) is 97.1 Å². The first-order valence-corrected chi connectivity index (χ1v) is 14.1. The van der Waals surface area contributed by atoms with Crippen LogP contribution < -0.4 is 0 Å². The molecule has 4 aromatic rings. The van der Waals surface area contributed by atoms with Crippen molar-refractivity contribution in [3.63, 3.8) is 0 Å². The van der Waals surface area contributed by atoms with E-state index < -0.39 is 22.1 Å². The van der Waals surface area contributed by atoms with Crippen LogP contribution in [0.2, 0.25) is 10.0 Å². The smallest absolute Gasteiger partial charge is 0.211 e. The van der Waals surface area contributed by atoms with Crippen LogP contribution >= 0.6 is 35.0 Å². The third-order valence-electron chi connectivity index (χ3n) is 7.07. The van der Waals surface area contributed by atoms with Crippen molar-refractivity contribution in [2.75, 3.05) is 0 Å². The van der Waals surface area contributed by atoms with Gasteiger partial charge in [0.2, 0.25) is 21.4 Å². The summed E-state index contributed by atoms with van der Waals surface area (Å²) in [7, 11) is 0.